The van der Waals surface area contributed by atoms with Crippen LogP contribution in [0.3, 0.4) is 0 Å². The van der Waals surface area contributed by atoms with Crippen molar-refractivity contribution < 1.29 is 23.8 Å². The van der Waals surface area contributed by atoms with Crippen LogP contribution >= 0.6 is 0 Å². The Bertz CT molecular complexity index is 1700. The number of hydrogen-bond acceptors (Lipinski definition) is 8. The summed E-state index contributed by atoms with van der Waals surface area (Å²) in [5.74, 6) is 0.734. The lowest BCUT2D eigenvalue weighted by molar-refractivity contribution is -0.0601. The molecule has 3 atom stereocenters. The lowest BCUT2D eigenvalue weighted by atomic mass is 9.87. The molecule has 10 nitrogen and oxygen atoms in total. The number of carbonyl (C=O) groups is 1. The standard InChI is InChI=1S/C31H29FN6O4/c32-25-10-19(13-33)4-5-21(25)18-42-30-3-1-2-28(35-30)36-14-22-12-23(15-36)37(22)17-29-34-26-7-6-20(31(39)40)11-27(26)38(29)16-24-8-9-41-24/h1-7,10-11,22-24H,8-9,12,14-18H2,(H,39,40)/t22?,23?,24-/m0/s1. The third-order valence-electron chi connectivity index (χ3n) is 8.51. The van der Waals surface area contributed by atoms with E-state index in [4.69, 9.17) is 19.7 Å². The summed E-state index contributed by atoms with van der Waals surface area (Å²) in [4.78, 5) is 25.9. The predicted octanol–water partition coefficient (Wildman–Crippen LogP) is 3.97. The third kappa shape index (κ3) is 4.93. The van der Waals surface area contributed by atoms with Gasteiger partial charge in [-0.05, 0) is 49.2 Å². The van der Waals surface area contributed by atoms with Crippen LogP contribution in [0.25, 0.3) is 11.0 Å². The summed E-state index contributed by atoms with van der Waals surface area (Å²) in [6.45, 7) is 3.74. The summed E-state index contributed by atoms with van der Waals surface area (Å²) in [5.41, 5.74) is 2.51. The van der Waals surface area contributed by atoms with E-state index < -0.39 is 11.8 Å². The number of carboxylic acids is 1. The van der Waals surface area contributed by atoms with Crippen LogP contribution in [0.1, 0.15) is 40.2 Å². The number of imidazole rings is 1. The lowest BCUT2D eigenvalue weighted by Crippen LogP contribution is -2.68. The van der Waals surface area contributed by atoms with Crippen LogP contribution in [-0.4, -0.2) is 68.4 Å². The van der Waals surface area contributed by atoms with Crippen molar-refractivity contribution in [2.75, 3.05) is 24.6 Å². The highest BCUT2D eigenvalue weighted by Gasteiger charge is 2.45. The summed E-state index contributed by atoms with van der Waals surface area (Å²) >= 11 is 0. The molecule has 1 N–H and O–H groups in total. The Morgan fingerprint density at radius 3 is 2.69 bits per heavy atom. The molecule has 0 radical (unpaired) electrons. The van der Waals surface area contributed by atoms with Gasteiger partial charge in [0.15, 0.2) is 0 Å². The minimum Gasteiger partial charge on any atom is -0.478 e. The average molecular weight is 569 g/mol. The maximum Gasteiger partial charge on any atom is 0.335 e. The van der Waals surface area contributed by atoms with Crippen LogP contribution in [0.15, 0.2) is 54.6 Å². The number of rotatable bonds is 9. The fraction of sp³-hybridized carbons (Fsp3) is 0.355. The van der Waals surface area contributed by atoms with Crippen molar-refractivity contribution in [1.29, 1.82) is 5.26 Å². The van der Waals surface area contributed by atoms with Crippen molar-refractivity contribution in [3.8, 4) is 11.9 Å². The van der Waals surface area contributed by atoms with Crippen molar-refractivity contribution in [3.63, 3.8) is 0 Å². The summed E-state index contributed by atoms with van der Waals surface area (Å²) in [6, 6.07) is 17.7. The van der Waals surface area contributed by atoms with Gasteiger partial charge in [0.05, 0.1) is 47.4 Å². The number of piperidine rings is 1. The van der Waals surface area contributed by atoms with Crippen molar-refractivity contribution in [2.24, 2.45) is 0 Å². The SMILES string of the molecule is N#Cc1ccc(COc2cccc(N3CC4CC(C3)N4Cc3nc4ccc(C(=O)O)cc4n3C[C@@H]3CCO3)n2)c(F)c1. The smallest absolute Gasteiger partial charge is 0.335 e. The molecule has 214 valence electrons. The van der Waals surface area contributed by atoms with Crippen LogP contribution in [0.5, 0.6) is 5.88 Å². The van der Waals surface area contributed by atoms with Gasteiger partial charge < -0.3 is 24.0 Å². The second kappa shape index (κ2) is 10.7. The molecule has 0 saturated carbocycles. The maximum atomic E-state index is 14.3. The number of anilines is 1. The van der Waals surface area contributed by atoms with Crippen LogP contribution in [0.4, 0.5) is 10.2 Å². The zero-order valence-corrected chi connectivity index (χ0v) is 22.8. The molecule has 2 aromatic carbocycles. The first-order valence-corrected chi connectivity index (χ1v) is 14.1. The fourth-order valence-electron chi connectivity index (χ4n) is 6.10. The van der Waals surface area contributed by atoms with Crippen molar-refractivity contribution >= 4 is 22.8 Å². The molecule has 4 aliphatic heterocycles. The Hall–Kier alpha value is -4.53. The number of carboxylic acid groups (broad SMARTS) is 1. The van der Waals surface area contributed by atoms with E-state index in [0.717, 1.165) is 55.2 Å². The first kappa shape index (κ1) is 26.4. The molecule has 2 aromatic heterocycles. The minimum atomic E-state index is -0.951. The number of piperazine rings is 1. The van der Waals surface area contributed by atoms with Gasteiger partial charge in [-0.2, -0.15) is 10.2 Å². The Labute approximate surface area is 241 Å². The van der Waals surface area contributed by atoms with Crippen molar-refractivity contribution in [2.45, 2.75) is 50.7 Å². The zero-order valence-electron chi connectivity index (χ0n) is 22.8. The maximum absolute atomic E-state index is 14.3. The van der Waals surface area contributed by atoms with E-state index >= 15 is 0 Å². The number of nitrogens with zero attached hydrogens (tertiary/aromatic N) is 6. The Morgan fingerprint density at radius 2 is 1.98 bits per heavy atom. The Balaban J connectivity index is 1.04. The van der Waals surface area contributed by atoms with Crippen molar-refractivity contribution in [3.05, 3.63) is 82.9 Å². The molecule has 4 saturated heterocycles. The molecular weight excluding hydrogens is 539 g/mol. The molecule has 6 heterocycles. The molecule has 0 amide bonds. The quantitative estimate of drug-likeness (QED) is 0.320. The molecule has 8 rings (SSSR count). The van der Waals surface area contributed by atoms with Gasteiger partial charge >= 0.3 is 5.97 Å². The summed E-state index contributed by atoms with van der Waals surface area (Å²) in [7, 11) is 0. The third-order valence-corrected chi connectivity index (χ3v) is 8.51. The summed E-state index contributed by atoms with van der Waals surface area (Å²) < 4.78 is 27.9. The lowest BCUT2D eigenvalue weighted by Gasteiger charge is -2.56. The molecule has 4 aliphatic rings. The molecule has 4 fully saturated rings. The molecular formula is C31H29FN6O4. The number of ether oxygens (including phenoxy) is 2. The monoisotopic (exact) mass is 568 g/mol. The van der Waals surface area contributed by atoms with Crippen LogP contribution < -0.4 is 9.64 Å². The zero-order chi connectivity index (χ0) is 28.8. The number of pyridine rings is 1. The highest BCUT2D eigenvalue weighted by Crippen LogP contribution is 2.36. The molecule has 42 heavy (non-hydrogen) atoms. The molecule has 4 aromatic rings. The minimum absolute atomic E-state index is 0.0217. The highest BCUT2D eigenvalue weighted by molar-refractivity contribution is 5.92. The van der Waals surface area contributed by atoms with E-state index in [1.165, 1.54) is 6.07 Å². The first-order chi connectivity index (χ1) is 20.4. The average Bonchev–Trinajstić information content (AvgIpc) is 3.33. The van der Waals surface area contributed by atoms with Gasteiger partial charge in [0, 0.05) is 43.4 Å². The van der Waals surface area contributed by atoms with E-state index in [0.29, 0.717) is 36.6 Å². The Morgan fingerprint density at radius 1 is 1.14 bits per heavy atom. The highest BCUT2D eigenvalue weighted by atomic mass is 19.1. The number of halogens is 1. The van der Waals surface area contributed by atoms with Gasteiger partial charge in [0.2, 0.25) is 5.88 Å². The fourth-order valence-corrected chi connectivity index (χ4v) is 6.10. The summed E-state index contributed by atoms with van der Waals surface area (Å²) in [5, 5.41) is 18.5. The van der Waals surface area contributed by atoms with E-state index in [2.05, 4.69) is 19.4 Å². The van der Waals surface area contributed by atoms with Crippen molar-refractivity contribution in [1.82, 2.24) is 19.4 Å². The van der Waals surface area contributed by atoms with Crippen LogP contribution in [-0.2, 0) is 24.4 Å². The second-order valence-corrected chi connectivity index (χ2v) is 11.1. The number of aromatic nitrogens is 3. The number of fused-ring (bicyclic) bond motifs is 3. The molecule has 2 unspecified atom stereocenters. The van der Waals surface area contributed by atoms with E-state index in [1.807, 2.05) is 18.2 Å². The molecule has 0 aliphatic carbocycles. The normalized spacial score (nSPS) is 21.4. The predicted molar refractivity (Wildman–Crippen MR) is 151 cm³/mol. The summed E-state index contributed by atoms with van der Waals surface area (Å²) in [6.07, 6.45) is 2.20. The second-order valence-electron chi connectivity index (χ2n) is 11.1. The molecule has 0 spiro atoms. The van der Waals surface area contributed by atoms with Gasteiger partial charge in [0.25, 0.3) is 0 Å². The van der Waals surface area contributed by atoms with E-state index in [1.54, 1.807) is 36.4 Å². The van der Waals surface area contributed by atoms with E-state index in [9.17, 15) is 14.3 Å². The topological polar surface area (TPSA) is 117 Å². The van der Waals surface area contributed by atoms with Gasteiger partial charge in [-0.3, -0.25) is 4.90 Å². The van der Waals surface area contributed by atoms with E-state index in [-0.39, 0.29) is 23.8 Å². The number of aromatic carboxylic acids is 1. The number of benzene rings is 2. The number of nitriles is 1. The van der Waals surface area contributed by atoms with Crippen LogP contribution in [0, 0.1) is 17.1 Å². The number of hydrogen-bond donors (Lipinski definition) is 1. The molecule has 11 heteroatoms. The van der Waals surface area contributed by atoms with Gasteiger partial charge in [-0.25, -0.2) is 14.2 Å². The van der Waals surface area contributed by atoms with Gasteiger partial charge in [-0.1, -0.05) is 12.1 Å². The van der Waals surface area contributed by atoms with Gasteiger partial charge in [-0.15, -0.1) is 0 Å². The largest absolute Gasteiger partial charge is 0.478 e. The van der Waals surface area contributed by atoms with Gasteiger partial charge in [0.1, 0.15) is 24.1 Å². The van der Waals surface area contributed by atoms with Crippen LogP contribution in [0.2, 0.25) is 0 Å². The first-order valence-electron chi connectivity index (χ1n) is 14.1. The Kier molecular flexibility index (Phi) is 6.72. The molecule has 2 bridgehead atoms.